The number of aromatic nitrogens is 1. The largest absolute Gasteiger partial charge is 0.357 e. The average molecular weight is 345 g/mol. The first-order valence-electron chi connectivity index (χ1n) is 8.91. The van der Waals surface area contributed by atoms with Gasteiger partial charge in [-0.05, 0) is 17.2 Å². The van der Waals surface area contributed by atoms with Crippen LogP contribution in [-0.4, -0.2) is 39.2 Å². The molecule has 1 atom stereocenters. The van der Waals surface area contributed by atoms with Gasteiger partial charge in [-0.1, -0.05) is 48.5 Å². The van der Waals surface area contributed by atoms with Crippen LogP contribution < -0.4 is 0 Å². The van der Waals surface area contributed by atoms with Gasteiger partial charge in [0.15, 0.2) is 0 Å². The molecule has 2 amide bonds. The molecule has 0 aliphatic carbocycles. The topological polar surface area (TPSA) is 56.4 Å². The predicted molar refractivity (Wildman–Crippen MR) is 98.2 cm³/mol. The number of para-hydroxylation sites is 1. The second-order valence-electron chi connectivity index (χ2n) is 7.05. The molecule has 2 aliphatic heterocycles. The van der Waals surface area contributed by atoms with E-state index >= 15 is 0 Å². The van der Waals surface area contributed by atoms with E-state index in [-0.39, 0.29) is 18.4 Å². The lowest BCUT2D eigenvalue weighted by Gasteiger charge is -2.42. The van der Waals surface area contributed by atoms with E-state index in [0.717, 1.165) is 22.2 Å². The highest BCUT2D eigenvalue weighted by Crippen LogP contribution is 2.32. The van der Waals surface area contributed by atoms with Gasteiger partial charge < -0.3 is 14.8 Å². The molecule has 0 spiro atoms. The second kappa shape index (κ2) is 5.73. The normalized spacial score (nSPS) is 19.6. The molecule has 2 aliphatic rings. The van der Waals surface area contributed by atoms with Gasteiger partial charge in [-0.2, -0.15) is 0 Å². The molecule has 3 aromatic rings. The fourth-order valence-electron chi connectivity index (χ4n) is 4.17. The van der Waals surface area contributed by atoms with Crippen molar-refractivity contribution < 1.29 is 9.59 Å². The summed E-state index contributed by atoms with van der Waals surface area (Å²) in [6, 6.07) is 17.6. The molecule has 0 radical (unpaired) electrons. The smallest absolute Gasteiger partial charge is 0.246 e. The quantitative estimate of drug-likeness (QED) is 0.776. The predicted octanol–water partition coefficient (Wildman–Crippen LogP) is 2.46. The molecule has 5 rings (SSSR count). The van der Waals surface area contributed by atoms with E-state index in [1.54, 1.807) is 9.80 Å². The Labute approximate surface area is 151 Å². The van der Waals surface area contributed by atoms with Crippen molar-refractivity contribution in [2.45, 2.75) is 25.6 Å². The summed E-state index contributed by atoms with van der Waals surface area (Å²) in [5.74, 6) is 0.0687. The van der Waals surface area contributed by atoms with Gasteiger partial charge in [-0.3, -0.25) is 9.59 Å². The average Bonchev–Trinajstić information content (AvgIpc) is 3.03. The Morgan fingerprint density at radius 2 is 1.73 bits per heavy atom. The summed E-state index contributed by atoms with van der Waals surface area (Å²) in [6.07, 6.45) is 0.579. The number of nitrogens with one attached hydrogen (secondary N) is 1. The van der Waals surface area contributed by atoms with Crippen LogP contribution in [0.4, 0.5) is 0 Å². The molecule has 0 unspecified atom stereocenters. The zero-order valence-corrected chi connectivity index (χ0v) is 14.3. The van der Waals surface area contributed by atoms with E-state index in [2.05, 4.69) is 11.1 Å². The molecular weight excluding hydrogens is 326 g/mol. The Morgan fingerprint density at radius 3 is 2.58 bits per heavy atom. The van der Waals surface area contributed by atoms with Gasteiger partial charge in [0, 0.05) is 29.6 Å². The maximum Gasteiger partial charge on any atom is 0.246 e. The Hall–Kier alpha value is -3.08. The van der Waals surface area contributed by atoms with Crippen LogP contribution in [0.15, 0.2) is 54.6 Å². The van der Waals surface area contributed by atoms with E-state index in [0.29, 0.717) is 19.5 Å². The van der Waals surface area contributed by atoms with Crippen molar-refractivity contribution in [3.63, 3.8) is 0 Å². The lowest BCUT2D eigenvalue weighted by atomic mass is 9.93. The maximum absolute atomic E-state index is 13.1. The van der Waals surface area contributed by atoms with Crippen molar-refractivity contribution in [2.24, 2.45) is 0 Å². The van der Waals surface area contributed by atoms with E-state index in [1.807, 2.05) is 48.5 Å². The summed E-state index contributed by atoms with van der Waals surface area (Å²) in [4.78, 5) is 32.7. The van der Waals surface area contributed by atoms with E-state index in [1.165, 1.54) is 5.56 Å². The summed E-state index contributed by atoms with van der Waals surface area (Å²) in [7, 11) is 0. The molecule has 1 fully saturated rings. The first-order chi connectivity index (χ1) is 12.7. The van der Waals surface area contributed by atoms with Crippen molar-refractivity contribution >= 4 is 22.7 Å². The summed E-state index contributed by atoms with van der Waals surface area (Å²) < 4.78 is 0. The highest BCUT2D eigenvalue weighted by Gasteiger charge is 2.42. The number of piperazine rings is 1. The Kier molecular flexibility index (Phi) is 3.35. The standard InChI is InChI=1S/C21H19N3O2/c25-20-13-23(11-14-6-2-1-3-7-14)21(26)19-10-16-15-8-4-5-9-17(15)22-18(16)12-24(19)20/h1-9,19,22H,10-13H2/t19-/m0/s1. The zero-order chi connectivity index (χ0) is 17.7. The van der Waals surface area contributed by atoms with Crippen LogP contribution in [0.1, 0.15) is 16.8 Å². The van der Waals surface area contributed by atoms with Crippen molar-refractivity contribution in [1.82, 2.24) is 14.8 Å². The molecule has 2 aromatic carbocycles. The van der Waals surface area contributed by atoms with Crippen molar-refractivity contribution in [3.8, 4) is 0 Å². The molecule has 0 saturated carbocycles. The number of amides is 2. The molecule has 26 heavy (non-hydrogen) atoms. The number of carbonyl (C=O) groups excluding carboxylic acids is 2. The molecule has 5 nitrogen and oxygen atoms in total. The van der Waals surface area contributed by atoms with Crippen LogP contribution in [0, 0.1) is 0 Å². The van der Waals surface area contributed by atoms with E-state index in [9.17, 15) is 9.59 Å². The van der Waals surface area contributed by atoms with Gasteiger partial charge in [-0.15, -0.1) is 0 Å². The van der Waals surface area contributed by atoms with Gasteiger partial charge >= 0.3 is 0 Å². The molecule has 1 N–H and O–H groups in total. The van der Waals surface area contributed by atoms with Crippen molar-refractivity contribution in [2.75, 3.05) is 6.54 Å². The minimum absolute atomic E-state index is 0.0230. The molecule has 1 saturated heterocycles. The Balaban J connectivity index is 1.48. The van der Waals surface area contributed by atoms with Crippen LogP contribution in [-0.2, 0) is 29.1 Å². The number of fused-ring (bicyclic) bond motifs is 4. The highest BCUT2D eigenvalue weighted by atomic mass is 16.2. The number of carbonyl (C=O) groups is 2. The van der Waals surface area contributed by atoms with Gasteiger partial charge in [0.1, 0.15) is 12.6 Å². The van der Waals surface area contributed by atoms with Crippen molar-refractivity contribution in [1.29, 1.82) is 0 Å². The van der Waals surface area contributed by atoms with Gasteiger partial charge in [0.25, 0.3) is 0 Å². The minimum atomic E-state index is -0.397. The Morgan fingerprint density at radius 1 is 0.962 bits per heavy atom. The molecule has 0 bridgehead atoms. The number of H-pyrrole nitrogens is 1. The summed E-state index contributed by atoms with van der Waals surface area (Å²) in [5.41, 5.74) is 4.34. The monoisotopic (exact) mass is 345 g/mol. The summed E-state index contributed by atoms with van der Waals surface area (Å²) in [5, 5.41) is 1.16. The zero-order valence-electron chi connectivity index (χ0n) is 14.3. The number of benzene rings is 2. The van der Waals surface area contributed by atoms with Crippen LogP contribution in [0.2, 0.25) is 0 Å². The maximum atomic E-state index is 13.1. The van der Waals surface area contributed by atoms with E-state index in [4.69, 9.17) is 0 Å². The van der Waals surface area contributed by atoms with E-state index < -0.39 is 6.04 Å². The van der Waals surface area contributed by atoms with Crippen LogP contribution in [0.5, 0.6) is 0 Å². The molecule has 130 valence electrons. The van der Waals surface area contributed by atoms with Gasteiger partial charge in [0.2, 0.25) is 11.8 Å². The fourth-order valence-corrected chi connectivity index (χ4v) is 4.17. The highest BCUT2D eigenvalue weighted by molar-refractivity contribution is 5.96. The second-order valence-corrected chi connectivity index (χ2v) is 7.05. The summed E-state index contributed by atoms with van der Waals surface area (Å²) in [6.45, 7) is 1.12. The molecule has 3 heterocycles. The third-order valence-electron chi connectivity index (χ3n) is 5.46. The number of hydrogen-bond donors (Lipinski definition) is 1. The lowest BCUT2D eigenvalue weighted by molar-refractivity contribution is -0.157. The van der Waals surface area contributed by atoms with Crippen LogP contribution in [0.3, 0.4) is 0 Å². The fraction of sp³-hybridized carbons (Fsp3) is 0.238. The first kappa shape index (κ1) is 15.2. The van der Waals surface area contributed by atoms with Crippen molar-refractivity contribution in [3.05, 3.63) is 71.4 Å². The third kappa shape index (κ3) is 2.31. The number of nitrogens with zero attached hydrogens (tertiary/aromatic N) is 2. The molecule has 1 aromatic heterocycles. The Bertz CT molecular complexity index is 1010. The molecular formula is C21H19N3O2. The van der Waals surface area contributed by atoms with Crippen LogP contribution >= 0.6 is 0 Å². The first-order valence-corrected chi connectivity index (χ1v) is 8.91. The molecule has 5 heteroatoms. The number of hydrogen-bond acceptors (Lipinski definition) is 2. The minimum Gasteiger partial charge on any atom is -0.357 e. The summed E-state index contributed by atoms with van der Waals surface area (Å²) >= 11 is 0. The number of rotatable bonds is 2. The SMILES string of the molecule is O=C1[C@@H]2Cc3c([nH]c4ccccc34)CN2C(=O)CN1Cc1ccccc1. The van der Waals surface area contributed by atoms with Gasteiger partial charge in [0.05, 0.1) is 6.54 Å². The third-order valence-corrected chi connectivity index (χ3v) is 5.46. The van der Waals surface area contributed by atoms with Crippen LogP contribution in [0.25, 0.3) is 10.9 Å². The lowest BCUT2D eigenvalue weighted by Crippen LogP contribution is -2.61. The van der Waals surface area contributed by atoms with Gasteiger partial charge in [-0.25, -0.2) is 0 Å². The number of aromatic amines is 1.